The van der Waals surface area contributed by atoms with Crippen molar-refractivity contribution in [2.24, 2.45) is 17.3 Å². The van der Waals surface area contributed by atoms with Crippen LogP contribution in [0.25, 0.3) is 0 Å². The molecule has 0 bridgehead atoms. The maximum absolute atomic E-state index is 12.5. The minimum absolute atomic E-state index is 0.0525. The van der Waals surface area contributed by atoms with E-state index in [1.165, 1.54) is 5.57 Å². The van der Waals surface area contributed by atoms with E-state index < -0.39 is 0 Å². The first-order valence-electron chi connectivity index (χ1n) is 7.35. The summed E-state index contributed by atoms with van der Waals surface area (Å²) >= 11 is 0. The number of hydrogen-bond acceptors (Lipinski definition) is 2. The summed E-state index contributed by atoms with van der Waals surface area (Å²) in [6.07, 6.45) is 4.95. The topological polar surface area (TPSA) is 46.9 Å². The van der Waals surface area contributed by atoms with Crippen LogP contribution in [0, 0.1) is 17.3 Å². The number of amides is 1. The maximum atomic E-state index is 12.5. The molecule has 1 amide bonds. The highest BCUT2D eigenvalue weighted by Crippen LogP contribution is 2.59. The number of allylic oxidation sites excluding steroid dienone is 2. The van der Waals surface area contributed by atoms with Crippen LogP contribution in [-0.2, 0) is 11.3 Å². The van der Waals surface area contributed by atoms with Crippen LogP contribution in [-0.4, -0.2) is 15.7 Å². The van der Waals surface area contributed by atoms with E-state index in [2.05, 4.69) is 51.1 Å². The second-order valence-electron chi connectivity index (χ2n) is 6.50. The predicted octanol–water partition coefficient (Wildman–Crippen LogP) is 3.47. The average Bonchev–Trinajstić information content (AvgIpc) is 2.69. The molecule has 0 aromatic carbocycles. The lowest BCUT2D eigenvalue weighted by Gasteiger charge is -2.08. The largest absolute Gasteiger partial charge is 0.311 e. The van der Waals surface area contributed by atoms with E-state index in [0.717, 1.165) is 18.8 Å². The lowest BCUT2D eigenvalue weighted by molar-refractivity contribution is -0.118. The van der Waals surface area contributed by atoms with E-state index in [9.17, 15) is 4.79 Å². The van der Waals surface area contributed by atoms with Gasteiger partial charge in [0.25, 0.3) is 0 Å². The third kappa shape index (κ3) is 2.79. The number of carbonyl (C=O) groups is 1. The summed E-state index contributed by atoms with van der Waals surface area (Å²) in [7, 11) is 0. The molecule has 1 aliphatic rings. The van der Waals surface area contributed by atoms with Crippen molar-refractivity contribution >= 4 is 11.7 Å². The first-order chi connectivity index (χ1) is 9.37. The van der Waals surface area contributed by atoms with Gasteiger partial charge in [-0.05, 0) is 31.6 Å². The zero-order chi connectivity index (χ0) is 14.9. The smallest absolute Gasteiger partial charge is 0.229 e. The maximum Gasteiger partial charge on any atom is 0.229 e. The van der Waals surface area contributed by atoms with Crippen molar-refractivity contribution in [1.82, 2.24) is 9.78 Å². The number of aryl methyl sites for hydroxylation is 1. The third-order valence-electron chi connectivity index (χ3n) is 4.11. The van der Waals surface area contributed by atoms with Gasteiger partial charge in [0.1, 0.15) is 5.82 Å². The first-order valence-corrected chi connectivity index (χ1v) is 7.35. The molecule has 0 saturated heterocycles. The quantitative estimate of drug-likeness (QED) is 0.836. The number of carbonyl (C=O) groups excluding carboxylic acids is 1. The van der Waals surface area contributed by atoms with Crippen molar-refractivity contribution in [3.8, 4) is 0 Å². The Morgan fingerprint density at radius 1 is 1.50 bits per heavy atom. The van der Waals surface area contributed by atoms with Crippen LogP contribution in [0.5, 0.6) is 0 Å². The Morgan fingerprint density at radius 2 is 2.20 bits per heavy atom. The average molecular weight is 275 g/mol. The van der Waals surface area contributed by atoms with Gasteiger partial charge >= 0.3 is 0 Å². The number of aromatic nitrogens is 2. The van der Waals surface area contributed by atoms with Crippen LogP contribution in [0.4, 0.5) is 5.82 Å². The number of anilines is 1. The fraction of sp³-hybridized carbons (Fsp3) is 0.625. The van der Waals surface area contributed by atoms with E-state index in [0.29, 0.717) is 5.92 Å². The van der Waals surface area contributed by atoms with Crippen molar-refractivity contribution in [1.29, 1.82) is 0 Å². The van der Waals surface area contributed by atoms with Crippen molar-refractivity contribution in [2.75, 3.05) is 5.32 Å². The second-order valence-corrected chi connectivity index (χ2v) is 6.50. The normalized spacial score (nSPS) is 23.2. The van der Waals surface area contributed by atoms with Gasteiger partial charge in [0, 0.05) is 12.6 Å². The van der Waals surface area contributed by atoms with Gasteiger partial charge in [-0.15, -0.1) is 0 Å². The minimum atomic E-state index is 0.0525. The molecule has 4 heteroatoms. The summed E-state index contributed by atoms with van der Waals surface area (Å²) in [6.45, 7) is 11.4. The van der Waals surface area contributed by atoms with Crippen LogP contribution in [0.15, 0.2) is 23.9 Å². The Kier molecular flexibility index (Phi) is 4.02. The highest BCUT2D eigenvalue weighted by atomic mass is 16.2. The molecule has 2 rings (SSSR count). The summed E-state index contributed by atoms with van der Waals surface area (Å²) in [6, 6.07) is 1.86. The Morgan fingerprint density at radius 3 is 2.80 bits per heavy atom. The van der Waals surface area contributed by atoms with Gasteiger partial charge < -0.3 is 5.32 Å². The van der Waals surface area contributed by atoms with Crippen molar-refractivity contribution in [3.63, 3.8) is 0 Å². The van der Waals surface area contributed by atoms with Crippen molar-refractivity contribution in [3.05, 3.63) is 23.9 Å². The Balaban J connectivity index is 2.06. The van der Waals surface area contributed by atoms with Gasteiger partial charge in [-0.1, -0.05) is 32.4 Å². The van der Waals surface area contributed by atoms with Gasteiger partial charge in [0.2, 0.25) is 5.91 Å². The molecule has 0 spiro atoms. The fourth-order valence-electron chi connectivity index (χ4n) is 2.88. The van der Waals surface area contributed by atoms with E-state index in [1.807, 2.05) is 10.7 Å². The van der Waals surface area contributed by atoms with Crippen LogP contribution >= 0.6 is 0 Å². The number of nitrogens with one attached hydrogen (secondary N) is 1. The SMILES string of the molecule is CCCn1nccc1NC(=O)[C@H]1[C@@H](C=C(C)C)C1(C)C. The zero-order valence-corrected chi connectivity index (χ0v) is 13.1. The molecule has 1 aliphatic carbocycles. The number of rotatable bonds is 5. The molecule has 20 heavy (non-hydrogen) atoms. The van der Waals surface area contributed by atoms with E-state index >= 15 is 0 Å². The van der Waals surface area contributed by atoms with Gasteiger partial charge in [0.05, 0.1) is 12.1 Å². The molecule has 0 radical (unpaired) electrons. The van der Waals surface area contributed by atoms with Crippen LogP contribution < -0.4 is 5.32 Å². The zero-order valence-electron chi connectivity index (χ0n) is 13.1. The van der Waals surface area contributed by atoms with Gasteiger partial charge in [0.15, 0.2) is 0 Å². The Bertz CT molecular complexity index is 524. The molecule has 1 aromatic heterocycles. The predicted molar refractivity (Wildman–Crippen MR) is 81.3 cm³/mol. The Hall–Kier alpha value is -1.58. The second kappa shape index (κ2) is 5.43. The van der Waals surface area contributed by atoms with Gasteiger partial charge in [-0.25, -0.2) is 4.68 Å². The van der Waals surface area contributed by atoms with Gasteiger partial charge in [-0.2, -0.15) is 5.10 Å². The van der Waals surface area contributed by atoms with Gasteiger partial charge in [-0.3, -0.25) is 4.79 Å². The minimum Gasteiger partial charge on any atom is -0.311 e. The van der Waals surface area contributed by atoms with Crippen LogP contribution in [0.1, 0.15) is 41.0 Å². The molecular weight excluding hydrogens is 250 g/mol. The molecule has 1 heterocycles. The van der Waals surface area contributed by atoms with Crippen molar-refractivity contribution < 1.29 is 4.79 Å². The summed E-state index contributed by atoms with van der Waals surface area (Å²) < 4.78 is 1.85. The molecule has 1 aromatic rings. The van der Waals surface area contributed by atoms with Crippen LogP contribution in [0.3, 0.4) is 0 Å². The molecule has 1 fully saturated rings. The fourth-order valence-corrected chi connectivity index (χ4v) is 2.88. The monoisotopic (exact) mass is 275 g/mol. The number of nitrogens with zero attached hydrogens (tertiary/aromatic N) is 2. The van der Waals surface area contributed by atoms with Crippen molar-refractivity contribution in [2.45, 2.75) is 47.6 Å². The molecule has 0 unspecified atom stereocenters. The highest BCUT2D eigenvalue weighted by Gasteiger charge is 2.60. The molecule has 1 saturated carbocycles. The molecule has 1 N–H and O–H groups in total. The highest BCUT2D eigenvalue weighted by molar-refractivity contribution is 5.95. The first kappa shape index (κ1) is 14.8. The molecule has 110 valence electrons. The summed E-state index contributed by atoms with van der Waals surface area (Å²) in [4.78, 5) is 12.5. The lowest BCUT2D eigenvalue weighted by Crippen LogP contribution is -2.19. The molecule has 4 nitrogen and oxygen atoms in total. The standard InChI is InChI=1S/C16H25N3O/c1-6-9-19-13(7-8-17-19)18-15(20)14-12(10-11(2)3)16(14,4)5/h7-8,10,12,14H,6,9H2,1-5H3,(H,18,20)/t12-,14-/m1/s1. The molecular formula is C16H25N3O. The molecule has 2 atom stereocenters. The summed E-state index contributed by atoms with van der Waals surface area (Å²) in [5.41, 5.74) is 1.33. The lowest BCUT2D eigenvalue weighted by atomic mass is 10.1. The summed E-state index contributed by atoms with van der Waals surface area (Å²) in [5.74, 6) is 1.31. The van der Waals surface area contributed by atoms with Crippen LogP contribution in [0.2, 0.25) is 0 Å². The van der Waals surface area contributed by atoms with E-state index in [-0.39, 0.29) is 17.2 Å². The summed E-state index contributed by atoms with van der Waals surface area (Å²) in [5, 5.41) is 7.26. The van der Waals surface area contributed by atoms with E-state index in [1.54, 1.807) is 6.20 Å². The van der Waals surface area contributed by atoms with E-state index in [4.69, 9.17) is 0 Å². The third-order valence-corrected chi connectivity index (χ3v) is 4.11. The molecule has 0 aliphatic heterocycles. The Labute approximate surface area is 121 Å². The number of hydrogen-bond donors (Lipinski definition) is 1.